The molecule has 5 heteroatoms. The van der Waals surface area contributed by atoms with Gasteiger partial charge in [-0.25, -0.2) is 15.0 Å². The molecule has 0 saturated carbocycles. The Balaban J connectivity index is 1.14. The van der Waals surface area contributed by atoms with Gasteiger partial charge in [0.1, 0.15) is 11.2 Å². The van der Waals surface area contributed by atoms with Crippen molar-refractivity contribution in [3.05, 3.63) is 199 Å². The van der Waals surface area contributed by atoms with Crippen molar-refractivity contribution in [1.29, 1.82) is 0 Å². The zero-order valence-corrected chi connectivity index (χ0v) is 34.5. The highest BCUT2D eigenvalue weighted by Gasteiger charge is 2.25. The second kappa shape index (κ2) is 13.9. The van der Waals surface area contributed by atoms with Crippen molar-refractivity contribution in [3.8, 4) is 51.0 Å². The van der Waals surface area contributed by atoms with E-state index in [0.717, 1.165) is 83.7 Å². The number of hydrogen-bond acceptors (Lipinski definition) is 4. The number of fused-ring (bicyclic) bond motifs is 10. The number of para-hydroxylation sites is 1. The van der Waals surface area contributed by atoms with Crippen LogP contribution in [-0.2, 0) is 6.42 Å². The van der Waals surface area contributed by atoms with Gasteiger partial charge in [-0.05, 0) is 93.0 Å². The fraction of sp³-hybridized carbons (Fsp3) is 0.0517. The molecule has 3 aromatic heterocycles. The fourth-order valence-corrected chi connectivity index (χ4v) is 9.89. The molecule has 0 amide bonds. The molecule has 0 radical (unpaired) electrons. The van der Waals surface area contributed by atoms with E-state index in [2.05, 4.69) is 200 Å². The van der Waals surface area contributed by atoms with Crippen LogP contribution in [0.3, 0.4) is 0 Å². The smallest absolute Gasteiger partial charge is 0.167 e. The van der Waals surface area contributed by atoms with E-state index in [1.54, 1.807) is 0 Å². The molecule has 5 nitrogen and oxygen atoms in total. The van der Waals surface area contributed by atoms with Gasteiger partial charge in [-0.15, -0.1) is 0 Å². The van der Waals surface area contributed by atoms with E-state index in [9.17, 15) is 0 Å². The summed E-state index contributed by atoms with van der Waals surface area (Å²) in [5, 5.41) is 9.12. The quantitative estimate of drug-likeness (QED) is 0.174. The van der Waals surface area contributed by atoms with E-state index in [1.165, 1.54) is 32.7 Å². The minimum absolute atomic E-state index is 0.403. The largest absolute Gasteiger partial charge is 0.455 e. The topological polar surface area (TPSA) is 56.7 Å². The maximum atomic E-state index is 7.18. The Morgan fingerprint density at radius 2 is 1.14 bits per heavy atom. The van der Waals surface area contributed by atoms with Crippen LogP contribution in [0, 0.1) is 5.92 Å². The van der Waals surface area contributed by atoms with Gasteiger partial charge in [0.05, 0.1) is 16.6 Å². The number of aromatic nitrogens is 4. The minimum atomic E-state index is 0.403. The molecule has 1 aliphatic carbocycles. The molecule has 63 heavy (non-hydrogen) atoms. The Morgan fingerprint density at radius 1 is 0.460 bits per heavy atom. The van der Waals surface area contributed by atoms with E-state index in [1.807, 2.05) is 6.07 Å². The van der Waals surface area contributed by atoms with Gasteiger partial charge in [0, 0.05) is 43.9 Å². The van der Waals surface area contributed by atoms with Crippen LogP contribution in [0.25, 0.3) is 122 Å². The van der Waals surface area contributed by atoms with Crippen molar-refractivity contribution >= 4 is 71.4 Å². The van der Waals surface area contributed by atoms with Crippen molar-refractivity contribution < 1.29 is 4.42 Å². The Labute approximate surface area is 363 Å². The Morgan fingerprint density at radius 3 is 2.02 bits per heavy atom. The first-order chi connectivity index (χ1) is 31.1. The number of allylic oxidation sites excluding steroid dienone is 1. The lowest BCUT2D eigenvalue weighted by Crippen LogP contribution is -2.03. The summed E-state index contributed by atoms with van der Waals surface area (Å²) in [5.74, 6) is 2.15. The second-order valence-corrected chi connectivity index (χ2v) is 16.9. The number of benzene rings is 9. The van der Waals surface area contributed by atoms with Gasteiger partial charge < -0.3 is 8.98 Å². The molecule has 0 spiro atoms. The standard InChI is InChI=1S/C58H38N4O/c1-35-25-26-38-27-28-46-50-33-43(62-52-24-10-9-22-45(52)49-31-40-16-5-6-17-41(40)32-53(49)62)34-51(55(50)63-54(46)48(38)29-35)58-60-56(42-20-11-19-39(30-42)36-13-3-2-4-14-36)59-57(61-58)47-23-12-18-37-15-7-8-21-44(37)47/h2-28,30-35H,29H2,1H3. The predicted octanol–water partition coefficient (Wildman–Crippen LogP) is 15.0. The van der Waals surface area contributed by atoms with Gasteiger partial charge in [0.15, 0.2) is 17.5 Å². The monoisotopic (exact) mass is 806 g/mol. The van der Waals surface area contributed by atoms with Crippen molar-refractivity contribution in [1.82, 2.24) is 19.5 Å². The van der Waals surface area contributed by atoms with E-state index < -0.39 is 0 Å². The van der Waals surface area contributed by atoms with Crippen LogP contribution in [0.2, 0.25) is 0 Å². The first-order valence-corrected chi connectivity index (χ1v) is 21.6. The molecule has 0 aliphatic heterocycles. The van der Waals surface area contributed by atoms with Crippen LogP contribution in [-0.4, -0.2) is 19.5 Å². The van der Waals surface area contributed by atoms with Gasteiger partial charge in [-0.1, -0.05) is 159 Å². The number of rotatable bonds is 5. The first-order valence-electron chi connectivity index (χ1n) is 21.6. The van der Waals surface area contributed by atoms with E-state index in [4.69, 9.17) is 19.4 Å². The molecule has 0 saturated heterocycles. The molecule has 3 heterocycles. The lowest BCUT2D eigenvalue weighted by atomic mass is 9.89. The Kier molecular flexibility index (Phi) is 7.88. The molecular weight excluding hydrogens is 769 g/mol. The van der Waals surface area contributed by atoms with Gasteiger partial charge in [-0.3, -0.25) is 0 Å². The molecule has 296 valence electrons. The fourth-order valence-electron chi connectivity index (χ4n) is 9.89. The summed E-state index contributed by atoms with van der Waals surface area (Å²) in [6, 6.07) is 64.7. The highest BCUT2D eigenvalue weighted by Crippen LogP contribution is 2.44. The molecule has 12 aromatic rings. The maximum absolute atomic E-state index is 7.18. The lowest BCUT2D eigenvalue weighted by molar-refractivity contribution is 0.647. The summed E-state index contributed by atoms with van der Waals surface area (Å²) < 4.78 is 9.59. The van der Waals surface area contributed by atoms with E-state index in [-0.39, 0.29) is 0 Å². The Bertz CT molecular complexity index is 3850. The third-order valence-corrected chi connectivity index (χ3v) is 12.9. The summed E-state index contributed by atoms with van der Waals surface area (Å²) >= 11 is 0. The van der Waals surface area contributed by atoms with Crippen LogP contribution >= 0.6 is 0 Å². The van der Waals surface area contributed by atoms with Crippen molar-refractivity contribution in [3.63, 3.8) is 0 Å². The predicted molar refractivity (Wildman–Crippen MR) is 260 cm³/mol. The highest BCUT2D eigenvalue weighted by atomic mass is 16.3. The van der Waals surface area contributed by atoms with Crippen LogP contribution in [0.5, 0.6) is 0 Å². The summed E-state index contributed by atoms with van der Waals surface area (Å²) in [5.41, 5.74) is 12.3. The SMILES string of the molecule is CC1C=Cc2ccc3c(oc4c(-c5nc(-c6cccc(-c7ccccc7)c6)nc(-c6cccc7ccccc67)n5)cc(-n5c6ccccc6c6cc7ccccc7cc65)cc43)c2C1. The molecule has 0 bridgehead atoms. The van der Waals surface area contributed by atoms with Crippen LogP contribution in [0.4, 0.5) is 0 Å². The summed E-state index contributed by atoms with van der Waals surface area (Å²) in [7, 11) is 0. The van der Waals surface area contributed by atoms with Crippen LogP contribution in [0.1, 0.15) is 18.1 Å². The zero-order chi connectivity index (χ0) is 41.6. The van der Waals surface area contributed by atoms with Gasteiger partial charge in [0.2, 0.25) is 0 Å². The minimum Gasteiger partial charge on any atom is -0.455 e. The van der Waals surface area contributed by atoms with Crippen molar-refractivity contribution in [2.45, 2.75) is 13.3 Å². The van der Waals surface area contributed by atoms with Gasteiger partial charge in [-0.2, -0.15) is 0 Å². The number of nitrogens with zero attached hydrogens (tertiary/aromatic N) is 4. The van der Waals surface area contributed by atoms with Crippen molar-refractivity contribution in [2.75, 3.05) is 0 Å². The summed E-state index contributed by atoms with van der Waals surface area (Å²) in [6.07, 6.45) is 5.44. The van der Waals surface area contributed by atoms with Crippen molar-refractivity contribution in [2.24, 2.45) is 5.92 Å². The van der Waals surface area contributed by atoms with E-state index in [0.29, 0.717) is 23.4 Å². The van der Waals surface area contributed by atoms with Gasteiger partial charge in [0.25, 0.3) is 0 Å². The zero-order valence-electron chi connectivity index (χ0n) is 34.5. The van der Waals surface area contributed by atoms with Crippen LogP contribution < -0.4 is 0 Å². The average Bonchev–Trinajstić information content (AvgIpc) is 3.88. The number of hydrogen-bond donors (Lipinski definition) is 0. The summed E-state index contributed by atoms with van der Waals surface area (Å²) in [6.45, 7) is 2.27. The molecule has 0 fully saturated rings. The number of furan rings is 1. The third kappa shape index (κ3) is 5.74. The molecule has 0 N–H and O–H groups in total. The van der Waals surface area contributed by atoms with Gasteiger partial charge >= 0.3 is 0 Å². The van der Waals surface area contributed by atoms with Crippen LogP contribution in [0.15, 0.2) is 192 Å². The Hall–Kier alpha value is -8.15. The normalized spacial score (nSPS) is 13.8. The second-order valence-electron chi connectivity index (χ2n) is 16.9. The maximum Gasteiger partial charge on any atom is 0.167 e. The lowest BCUT2D eigenvalue weighted by Gasteiger charge is -2.15. The summed E-state index contributed by atoms with van der Waals surface area (Å²) in [4.78, 5) is 16.1. The third-order valence-electron chi connectivity index (χ3n) is 12.9. The molecule has 1 atom stereocenters. The molecule has 13 rings (SSSR count). The first kappa shape index (κ1) is 35.6. The van der Waals surface area contributed by atoms with E-state index >= 15 is 0 Å². The highest BCUT2D eigenvalue weighted by molar-refractivity contribution is 6.15. The molecule has 1 unspecified atom stereocenters. The molecular formula is C58H38N4O. The molecule has 9 aromatic carbocycles. The molecule has 1 aliphatic rings. The average molecular weight is 807 g/mol.